The number of phenols is 1. The zero-order valence-corrected chi connectivity index (χ0v) is 28.6. The molecule has 6 rings (SSSR count). The lowest BCUT2D eigenvalue weighted by atomic mass is 9.90. The van der Waals surface area contributed by atoms with Gasteiger partial charge >= 0.3 is 6.03 Å². The van der Waals surface area contributed by atoms with E-state index in [4.69, 9.17) is 14.2 Å². The number of benzene rings is 5. The second-order valence-electron chi connectivity index (χ2n) is 12.8. The molecule has 51 heavy (non-hydrogen) atoms. The number of hydrogen-bond acceptors (Lipinski definition) is 8. The third-order valence-electron chi connectivity index (χ3n) is 8.86. The van der Waals surface area contributed by atoms with Gasteiger partial charge in [-0.1, -0.05) is 73.7 Å². The predicted molar refractivity (Wildman–Crippen MR) is 196 cm³/mol. The fraction of sp³-hybridized carbons (Fsp3) is 0.244. The smallest absolute Gasteiger partial charge is 0.323 e. The average Bonchev–Trinajstić information content (AvgIpc) is 3.14. The van der Waals surface area contributed by atoms with Gasteiger partial charge in [-0.05, 0) is 84.4 Å². The molecule has 5 atom stereocenters. The maximum absolute atomic E-state index is 13.0. The molecule has 10 nitrogen and oxygen atoms in total. The second-order valence-corrected chi connectivity index (χ2v) is 12.8. The number of phenolic OH excluding ortho intramolecular Hbond substituents is 1. The van der Waals surface area contributed by atoms with E-state index in [2.05, 4.69) is 17.6 Å². The highest BCUT2D eigenvalue weighted by atomic mass is 16.7. The summed E-state index contributed by atoms with van der Waals surface area (Å²) in [5.74, 6) is 1.41. The number of aliphatic hydroxyl groups excluding tert-OH is 2. The molecule has 1 heterocycles. The van der Waals surface area contributed by atoms with Crippen molar-refractivity contribution in [2.24, 2.45) is 5.92 Å². The van der Waals surface area contributed by atoms with Crippen LogP contribution in [-0.4, -0.2) is 52.5 Å². The lowest BCUT2D eigenvalue weighted by Gasteiger charge is -2.42. The molecule has 0 unspecified atom stereocenters. The van der Waals surface area contributed by atoms with Crippen LogP contribution in [-0.2, 0) is 16.1 Å². The van der Waals surface area contributed by atoms with E-state index in [0.717, 1.165) is 22.4 Å². The van der Waals surface area contributed by atoms with Gasteiger partial charge in [0.05, 0.1) is 24.9 Å². The standard InChI is InChI=1S/C41H43N3O7/c1-27-38(25-44(2)24-37(47)30-8-7-11-34(46)23-30)50-40(51-39(27)29-16-14-28(26-45)15-17-29)31-9-6-10-33(22-31)43-41(48)42-32-18-20-36(21-19-32)49-35-12-4-3-5-13-35/h3-23,27,37-40,45-47H,24-26H2,1-2H3,(H2,42,43,48)/t27-,37+,38+,39+,40+/m0/s1. The summed E-state index contributed by atoms with van der Waals surface area (Å²) in [5, 5.41) is 36.1. The first-order valence-corrected chi connectivity index (χ1v) is 16.9. The first-order valence-electron chi connectivity index (χ1n) is 16.9. The van der Waals surface area contributed by atoms with Gasteiger partial charge in [0.15, 0.2) is 6.29 Å². The van der Waals surface area contributed by atoms with Crippen LogP contribution >= 0.6 is 0 Å². The van der Waals surface area contributed by atoms with E-state index < -0.39 is 18.4 Å². The Bertz CT molecular complexity index is 1870. The Morgan fingerprint density at radius 1 is 0.804 bits per heavy atom. The molecule has 264 valence electrons. The quantitative estimate of drug-likeness (QED) is 0.0898. The van der Waals surface area contributed by atoms with E-state index in [1.807, 2.05) is 84.7 Å². The minimum atomic E-state index is -0.802. The molecule has 2 amide bonds. The van der Waals surface area contributed by atoms with Gasteiger partial charge in [0, 0.05) is 35.9 Å². The van der Waals surface area contributed by atoms with Crippen LogP contribution in [0.2, 0.25) is 0 Å². The van der Waals surface area contributed by atoms with E-state index in [9.17, 15) is 20.1 Å². The fourth-order valence-electron chi connectivity index (χ4n) is 6.13. The molecule has 0 saturated carbocycles. The highest BCUT2D eigenvalue weighted by Crippen LogP contribution is 2.42. The van der Waals surface area contributed by atoms with Crippen molar-refractivity contribution in [3.05, 3.63) is 150 Å². The Kier molecular flexibility index (Phi) is 11.6. The van der Waals surface area contributed by atoms with Crippen LogP contribution in [0.4, 0.5) is 16.2 Å². The highest BCUT2D eigenvalue weighted by Gasteiger charge is 2.39. The van der Waals surface area contributed by atoms with E-state index in [-0.39, 0.29) is 30.5 Å². The van der Waals surface area contributed by atoms with Gasteiger partial charge in [-0.15, -0.1) is 0 Å². The lowest BCUT2D eigenvalue weighted by Crippen LogP contribution is -2.44. The summed E-state index contributed by atoms with van der Waals surface area (Å²) in [5.41, 5.74) is 4.28. The number of ether oxygens (including phenoxy) is 3. The molecule has 5 aromatic rings. The van der Waals surface area contributed by atoms with E-state index >= 15 is 0 Å². The summed E-state index contributed by atoms with van der Waals surface area (Å²) < 4.78 is 19.1. The summed E-state index contributed by atoms with van der Waals surface area (Å²) >= 11 is 0. The van der Waals surface area contributed by atoms with Crippen molar-refractivity contribution in [1.29, 1.82) is 0 Å². The van der Waals surface area contributed by atoms with Gasteiger partial charge in [-0.25, -0.2) is 4.79 Å². The fourth-order valence-corrected chi connectivity index (χ4v) is 6.13. The van der Waals surface area contributed by atoms with Gasteiger partial charge in [0.2, 0.25) is 0 Å². The van der Waals surface area contributed by atoms with Crippen molar-refractivity contribution in [2.75, 3.05) is 30.8 Å². The Labute approximate surface area is 297 Å². The third-order valence-corrected chi connectivity index (χ3v) is 8.86. The number of carbonyl (C=O) groups is 1. The number of carbonyl (C=O) groups excluding carboxylic acids is 1. The number of urea groups is 1. The Morgan fingerprint density at radius 3 is 2.24 bits per heavy atom. The van der Waals surface area contributed by atoms with Crippen molar-refractivity contribution in [2.45, 2.75) is 38.1 Å². The summed E-state index contributed by atoms with van der Waals surface area (Å²) in [6.07, 6.45) is -2.18. The zero-order valence-electron chi connectivity index (χ0n) is 28.6. The van der Waals surface area contributed by atoms with Crippen LogP contribution in [0.5, 0.6) is 17.2 Å². The van der Waals surface area contributed by atoms with E-state index in [0.29, 0.717) is 35.8 Å². The van der Waals surface area contributed by atoms with Crippen LogP contribution in [0.1, 0.15) is 47.7 Å². The van der Waals surface area contributed by atoms with Crippen LogP contribution < -0.4 is 15.4 Å². The van der Waals surface area contributed by atoms with Crippen molar-refractivity contribution in [3.8, 4) is 17.2 Å². The van der Waals surface area contributed by atoms with Crippen molar-refractivity contribution < 1.29 is 34.3 Å². The van der Waals surface area contributed by atoms with Crippen LogP contribution in [0, 0.1) is 5.92 Å². The summed E-state index contributed by atoms with van der Waals surface area (Å²) in [4.78, 5) is 15.0. The molecule has 0 bridgehead atoms. The van der Waals surface area contributed by atoms with Gasteiger partial charge in [-0.2, -0.15) is 0 Å². The molecule has 5 N–H and O–H groups in total. The highest BCUT2D eigenvalue weighted by molar-refractivity contribution is 5.99. The Hall–Kier alpha value is -5.23. The maximum Gasteiger partial charge on any atom is 0.323 e. The molecular formula is C41H43N3O7. The summed E-state index contributed by atoms with van der Waals surface area (Å²) in [6.45, 7) is 2.85. The molecule has 0 aromatic heterocycles. The normalized spacial score (nSPS) is 19.3. The monoisotopic (exact) mass is 689 g/mol. The molecule has 1 aliphatic rings. The minimum Gasteiger partial charge on any atom is -0.508 e. The first kappa shape index (κ1) is 35.6. The predicted octanol–water partition coefficient (Wildman–Crippen LogP) is 7.78. The molecule has 5 aromatic carbocycles. The SMILES string of the molecule is C[C@H]1[C@@H](CN(C)C[C@@H](O)c2cccc(O)c2)O[C@@H](c2cccc(NC(=O)Nc3ccc(Oc4ccccc4)cc3)c2)O[C@H]1c1ccc(CO)cc1. The maximum atomic E-state index is 13.0. The molecule has 1 aliphatic heterocycles. The number of aliphatic hydroxyl groups is 2. The topological polar surface area (TPSA) is 133 Å². The van der Waals surface area contributed by atoms with Gasteiger partial charge < -0.3 is 45.1 Å². The Morgan fingerprint density at radius 2 is 1.51 bits per heavy atom. The molecule has 0 spiro atoms. The van der Waals surface area contributed by atoms with Crippen molar-refractivity contribution >= 4 is 17.4 Å². The largest absolute Gasteiger partial charge is 0.508 e. The molecule has 0 radical (unpaired) electrons. The molecule has 0 aliphatic carbocycles. The summed E-state index contributed by atoms with van der Waals surface area (Å²) in [7, 11) is 1.92. The lowest BCUT2D eigenvalue weighted by molar-refractivity contribution is -0.276. The van der Waals surface area contributed by atoms with Crippen LogP contribution in [0.3, 0.4) is 0 Å². The zero-order chi connectivity index (χ0) is 35.7. The number of amides is 2. The Balaban J connectivity index is 1.14. The number of nitrogens with zero attached hydrogens (tertiary/aromatic N) is 1. The number of anilines is 2. The van der Waals surface area contributed by atoms with Gasteiger partial charge in [0.1, 0.15) is 17.2 Å². The molecule has 1 fully saturated rings. The van der Waals surface area contributed by atoms with Crippen LogP contribution in [0.25, 0.3) is 0 Å². The molecular weight excluding hydrogens is 646 g/mol. The van der Waals surface area contributed by atoms with Crippen molar-refractivity contribution in [3.63, 3.8) is 0 Å². The molecule has 10 heteroatoms. The number of para-hydroxylation sites is 1. The number of nitrogens with one attached hydrogen (secondary N) is 2. The average molecular weight is 690 g/mol. The van der Waals surface area contributed by atoms with Crippen LogP contribution in [0.15, 0.2) is 127 Å². The molecule has 1 saturated heterocycles. The van der Waals surface area contributed by atoms with Gasteiger partial charge in [-0.3, -0.25) is 0 Å². The number of likely N-dealkylation sites (N-methyl/N-ethyl adjacent to an activating group) is 1. The van der Waals surface area contributed by atoms with E-state index in [1.54, 1.807) is 54.6 Å². The number of hydrogen-bond donors (Lipinski definition) is 5. The summed E-state index contributed by atoms with van der Waals surface area (Å²) in [6, 6.07) is 37.9. The third kappa shape index (κ3) is 9.52. The van der Waals surface area contributed by atoms with E-state index in [1.165, 1.54) is 0 Å². The van der Waals surface area contributed by atoms with Crippen molar-refractivity contribution in [1.82, 2.24) is 4.90 Å². The second kappa shape index (κ2) is 16.7. The number of rotatable bonds is 12. The first-order chi connectivity index (χ1) is 24.7. The van der Waals surface area contributed by atoms with Gasteiger partial charge in [0.25, 0.3) is 0 Å². The number of aromatic hydroxyl groups is 1. The minimum absolute atomic E-state index is 0.0522.